The van der Waals surface area contributed by atoms with Gasteiger partial charge in [0.2, 0.25) is 5.91 Å². The van der Waals surface area contributed by atoms with Crippen molar-refractivity contribution in [3.8, 4) is 0 Å². The lowest BCUT2D eigenvalue weighted by Gasteiger charge is -2.06. The van der Waals surface area contributed by atoms with Crippen molar-refractivity contribution in [1.82, 2.24) is 5.32 Å². The molecule has 0 aliphatic heterocycles. The summed E-state index contributed by atoms with van der Waals surface area (Å²) in [6.07, 6.45) is 0. The fraction of sp³-hybridized carbons (Fsp3) is 0.571. The van der Waals surface area contributed by atoms with Gasteiger partial charge in [0, 0.05) is 23.9 Å². The van der Waals surface area contributed by atoms with E-state index in [1.165, 1.54) is 5.32 Å². The Morgan fingerprint density at radius 3 is 3.22 bits per heavy atom. The van der Waals surface area contributed by atoms with E-state index in [2.05, 4.69) is 0 Å². The van der Waals surface area contributed by atoms with Crippen LogP contribution in [0, 0.1) is 0 Å². The van der Waals surface area contributed by atoms with E-state index in [0.29, 0.717) is 0 Å². The number of hydrogen-bond donors (Lipinski definition) is 1. The largest absolute Gasteiger partial charge is 0.350 e. The second-order valence-corrected chi connectivity index (χ2v) is 1.20. The van der Waals surface area contributed by atoms with Crippen molar-refractivity contribution in [1.29, 1.82) is 0 Å². The first-order chi connectivity index (χ1) is 8.95. The van der Waals surface area contributed by atoms with Gasteiger partial charge < -0.3 is 5.32 Å². The molecule has 0 aromatic rings. The Morgan fingerprint density at radius 2 is 2.78 bits per heavy atom. The van der Waals surface area contributed by atoms with Crippen molar-refractivity contribution in [2.45, 2.75) is 26.6 Å². The Morgan fingerprint density at radius 1 is 2.00 bits per heavy atom. The SMILES string of the molecule is [2H]C([2H])=C(C(=O)NC([2H])(C([2H])([2H])[2H])C([2H])([2H])[2H])C([2H])([2H])[2H]. The molecule has 52 valence electrons. The summed E-state index contributed by atoms with van der Waals surface area (Å²) in [5, 5.41) is 1.31. The zero-order valence-electron chi connectivity index (χ0n) is 16.4. The molecule has 0 saturated heterocycles. The van der Waals surface area contributed by atoms with Gasteiger partial charge in [-0.25, -0.2) is 0 Å². The predicted molar refractivity (Wildman–Crippen MR) is 38.1 cm³/mol. The third kappa shape index (κ3) is 3.76. The molecule has 0 rings (SSSR count). The molecule has 0 spiro atoms. The monoisotopic (exact) mass is 139 g/mol. The standard InChI is InChI=1S/C7H13NO/c1-5(2)7(9)8-6(3)4/h6H,1H2,2-4H3,(H,8,9)/i1D2,2D3,3D3,4D3,6D. The molecule has 0 saturated carbocycles. The molecular weight excluding hydrogens is 114 g/mol. The lowest BCUT2D eigenvalue weighted by molar-refractivity contribution is -0.117. The molecule has 0 aliphatic rings. The van der Waals surface area contributed by atoms with Crippen LogP contribution in [0.15, 0.2) is 12.1 Å². The average Bonchev–Trinajstić information content (AvgIpc) is 2.09. The first-order valence-electron chi connectivity index (χ1n) is 7.95. The fourth-order valence-corrected chi connectivity index (χ4v) is 0.176. The maximum absolute atomic E-state index is 11.8. The van der Waals surface area contributed by atoms with Gasteiger partial charge in [-0.15, -0.1) is 0 Å². The topological polar surface area (TPSA) is 29.1 Å². The summed E-state index contributed by atoms with van der Waals surface area (Å²) in [7, 11) is 0. The highest BCUT2D eigenvalue weighted by atomic mass is 16.1. The second kappa shape index (κ2) is 3.28. The van der Waals surface area contributed by atoms with Crippen molar-refractivity contribution < 1.29 is 21.2 Å². The molecule has 0 aliphatic carbocycles. The summed E-state index contributed by atoms with van der Waals surface area (Å²) < 4.78 is 84.7. The molecule has 2 heteroatoms. The van der Waals surface area contributed by atoms with Gasteiger partial charge in [-0.3, -0.25) is 4.79 Å². The zero-order chi connectivity index (χ0) is 17.4. The number of carbonyl (C=O) groups excluding carboxylic acids is 1. The van der Waals surface area contributed by atoms with Crippen LogP contribution in [0.3, 0.4) is 0 Å². The van der Waals surface area contributed by atoms with Gasteiger partial charge in [-0.2, -0.15) is 0 Å². The predicted octanol–water partition coefficient (Wildman–Crippen LogP) is 1.09. The van der Waals surface area contributed by atoms with E-state index in [1.54, 1.807) is 0 Å². The molecule has 1 N–H and O–H groups in total. The molecular formula is C7H13NO. The zero-order valence-corrected chi connectivity index (χ0v) is 4.41. The van der Waals surface area contributed by atoms with Gasteiger partial charge in [0.1, 0.15) is 0 Å². The Kier molecular flexibility index (Phi) is 0.421. The van der Waals surface area contributed by atoms with E-state index in [1.807, 2.05) is 0 Å². The quantitative estimate of drug-likeness (QED) is 0.570. The van der Waals surface area contributed by atoms with Crippen molar-refractivity contribution in [3.63, 3.8) is 0 Å². The van der Waals surface area contributed by atoms with E-state index in [9.17, 15) is 4.79 Å². The molecule has 0 unspecified atom stereocenters. The maximum atomic E-state index is 11.8. The Bertz CT molecular complexity index is 422. The van der Waals surface area contributed by atoms with Gasteiger partial charge in [-0.1, -0.05) is 6.53 Å². The van der Waals surface area contributed by atoms with Gasteiger partial charge in [-0.05, 0) is 20.6 Å². The van der Waals surface area contributed by atoms with E-state index < -0.39 is 44.6 Å². The molecule has 2 nitrogen and oxygen atoms in total. The normalized spacial score (nSPS) is 33.8. The molecule has 0 fully saturated rings. The lowest BCUT2D eigenvalue weighted by Crippen LogP contribution is -2.30. The summed E-state index contributed by atoms with van der Waals surface area (Å²) in [5.41, 5.74) is -1.40. The highest BCUT2D eigenvalue weighted by molar-refractivity contribution is 5.92. The van der Waals surface area contributed by atoms with E-state index in [0.717, 1.165) is 0 Å². The van der Waals surface area contributed by atoms with Crippen molar-refractivity contribution in [3.05, 3.63) is 12.1 Å². The average molecular weight is 139 g/mol. The van der Waals surface area contributed by atoms with Gasteiger partial charge in [0.15, 0.2) is 0 Å². The minimum absolute atomic E-state index is 1.31. The minimum Gasteiger partial charge on any atom is -0.350 e. The van der Waals surface area contributed by atoms with Crippen LogP contribution in [-0.2, 0) is 4.79 Å². The molecule has 0 aromatic heterocycles. The summed E-state index contributed by atoms with van der Waals surface area (Å²) in [6.45, 7) is -11.6. The van der Waals surface area contributed by atoms with E-state index >= 15 is 0 Å². The first-order valence-corrected chi connectivity index (χ1v) is 1.95. The Hall–Kier alpha value is -0.790. The number of amides is 1. The highest BCUT2D eigenvalue weighted by Crippen LogP contribution is 1.87. The summed E-state index contributed by atoms with van der Waals surface area (Å²) in [4.78, 5) is 11.8. The van der Waals surface area contributed by atoms with E-state index in [4.69, 9.17) is 16.4 Å². The number of hydrogen-bond acceptors (Lipinski definition) is 1. The maximum Gasteiger partial charge on any atom is 0.246 e. The van der Waals surface area contributed by atoms with Crippen LogP contribution in [0.25, 0.3) is 0 Å². The third-order valence-electron chi connectivity index (χ3n) is 0.466. The first kappa shape index (κ1) is 1.16. The van der Waals surface area contributed by atoms with Gasteiger partial charge in [0.05, 0.1) is 4.11 Å². The van der Waals surface area contributed by atoms with Crippen LogP contribution in [0.4, 0.5) is 0 Å². The van der Waals surface area contributed by atoms with Crippen molar-refractivity contribution in [2.75, 3.05) is 0 Å². The molecule has 0 aromatic carbocycles. The molecule has 0 atom stereocenters. The molecule has 9 heavy (non-hydrogen) atoms. The Balaban J connectivity index is 5.82. The van der Waals surface area contributed by atoms with Crippen LogP contribution < -0.4 is 5.32 Å². The van der Waals surface area contributed by atoms with Crippen LogP contribution in [-0.4, -0.2) is 11.9 Å². The fourth-order valence-electron chi connectivity index (χ4n) is 0.176. The molecule has 1 amide bonds. The molecule has 0 bridgehead atoms. The second-order valence-electron chi connectivity index (χ2n) is 1.20. The van der Waals surface area contributed by atoms with Gasteiger partial charge in [0.25, 0.3) is 0 Å². The highest BCUT2D eigenvalue weighted by Gasteiger charge is 2.00. The smallest absolute Gasteiger partial charge is 0.246 e. The number of carbonyl (C=O) groups is 1. The third-order valence-corrected chi connectivity index (χ3v) is 0.466. The van der Waals surface area contributed by atoms with Crippen LogP contribution in [0.2, 0.25) is 0 Å². The summed E-state index contributed by atoms with van der Waals surface area (Å²) in [6, 6.07) is -3.47. The molecule has 0 heterocycles. The minimum atomic E-state index is -3.49. The van der Waals surface area contributed by atoms with E-state index in [-0.39, 0.29) is 0 Å². The number of nitrogens with one attached hydrogen (secondary N) is 1. The van der Waals surface area contributed by atoms with Crippen LogP contribution >= 0.6 is 0 Å². The van der Waals surface area contributed by atoms with Gasteiger partial charge >= 0.3 is 0 Å². The van der Waals surface area contributed by atoms with Crippen molar-refractivity contribution >= 4 is 5.91 Å². The molecule has 0 radical (unpaired) electrons. The van der Waals surface area contributed by atoms with Crippen LogP contribution in [0.1, 0.15) is 37.0 Å². The summed E-state index contributed by atoms with van der Waals surface area (Å²) in [5.74, 6) is -1.78. The summed E-state index contributed by atoms with van der Waals surface area (Å²) >= 11 is 0. The number of rotatable bonds is 2. The van der Waals surface area contributed by atoms with Crippen LogP contribution in [0.5, 0.6) is 0 Å². The Labute approximate surface area is 72.8 Å². The lowest BCUT2D eigenvalue weighted by atomic mass is 10.3. The van der Waals surface area contributed by atoms with Crippen molar-refractivity contribution in [2.24, 2.45) is 0 Å².